The van der Waals surface area contributed by atoms with Crippen molar-refractivity contribution in [2.24, 2.45) is 0 Å². The van der Waals surface area contributed by atoms with E-state index in [-0.39, 0.29) is 6.61 Å². The van der Waals surface area contributed by atoms with Crippen LogP contribution >= 0.6 is 0 Å². The minimum Gasteiger partial charge on any atom is -0.395 e. The molecule has 0 amide bonds. The first-order valence-corrected chi connectivity index (χ1v) is 5.29. The fourth-order valence-corrected chi connectivity index (χ4v) is 1.43. The zero-order chi connectivity index (χ0) is 12.0. The first kappa shape index (κ1) is 12.7. The van der Waals surface area contributed by atoms with Crippen molar-refractivity contribution in [2.75, 3.05) is 24.6 Å². The summed E-state index contributed by atoms with van der Waals surface area (Å²) in [6.45, 7) is 6.64. The van der Waals surface area contributed by atoms with Crippen LogP contribution in [0.15, 0.2) is 31.0 Å². The second kappa shape index (κ2) is 6.25. The highest BCUT2D eigenvalue weighted by Crippen LogP contribution is 2.15. The van der Waals surface area contributed by atoms with E-state index in [2.05, 4.69) is 11.6 Å². The van der Waals surface area contributed by atoms with Crippen molar-refractivity contribution >= 4 is 5.69 Å². The Labute approximate surface area is 95.9 Å². The van der Waals surface area contributed by atoms with E-state index in [9.17, 15) is 5.11 Å². The molecule has 1 unspecified atom stereocenters. The summed E-state index contributed by atoms with van der Waals surface area (Å²) >= 11 is 0. The second-order valence-corrected chi connectivity index (χ2v) is 3.58. The van der Waals surface area contributed by atoms with Crippen LogP contribution in [-0.2, 0) is 0 Å². The molecule has 2 N–H and O–H groups in total. The molecule has 1 aromatic heterocycles. The van der Waals surface area contributed by atoms with Gasteiger partial charge in [-0.1, -0.05) is 6.08 Å². The molecule has 0 saturated carbocycles. The minimum absolute atomic E-state index is 0.0893. The van der Waals surface area contributed by atoms with Gasteiger partial charge in [-0.05, 0) is 19.1 Å². The first-order chi connectivity index (χ1) is 7.69. The molecular weight excluding hydrogens is 204 g/mol. The van der Waals surface area contributed by atoms with Crippen molar-refractivity contribution in [1.82, 2.24) is 4.98 Å². The van der Waals surface area contributed by atoms with Crippen LogP contribution in [0.3, 0.4) is 0 Å². The van der Waals surface area contributed by atoms with Gasteiger partial charge < -0.3 is 15.1 Å². The summed E-state index contributed by atoms with van der Waals surface area (Å²) in [6, 6.07) is 3.67. The third-order valence-electron chi connectivity index (χ3n) is 2.28. The van der Waals surface area contributed by atoms with Gasteiger partial charge in [0.05, 0.1) is 30.3 Å². The predicted molar refractivity (Wildman–Crippen MR) is 64.4 cm³/mol. The predicted octanol–water partition coefficient (Wildman–Crippen LogP) is 1.12. The number of anilines is 1. The number of hydrogen-bond donors (Lipinski definition) is 2. The summed E-state index contributed by atoms with van der Waals surface area (Å²) < 4.78 is 0. The monoisotopic (exact) mass is 222 g/mol. The van der Waals surface area contributed by atoms with Crippen molar-refractivity contribution in [1.29, 1.82) is 0 Å². The molecule has 0 fully saturated rings. The number of aliphatic hydroxyl groups excluding tert-OH is 2. The van der Waals surface area contributed by atoms with Gasteiger partial charge in [-0.2, -0.15) is 0 Å². The lowest BCUT2D eigenvalue weighted by molar-refractivity contribution is 0.194. The summed E-state index contributed by atoms with van der Waals surface area (Å²) in [5, 5.41) is 18.3. The van der Waals surface area contributed by atoms with E-state index < -0.39 is 6.10 Å². The van der Waals surface area contributed by atoms with Crippen LogP contribution in [0, 0.1) is 0 Å². The van der Waals surface area contributed by atoms with Gasteiger partial charge in [0, 0.05) is 13.1 Å². The van der Waals surface area contributed by atoms with Gasteiger partial charge in [-0.25, -0.2) is 0 Å². The van der Waals surface area contributed by atoms with E-state index in [0.717, 1.165) is 5.69 Å². The summed E-state index contributed by atoms with van der Waals surface area (Å²) in [4.78, 5) is 6.12. The fraction of sp³-hybridized carbons (Fsp3) is 0.417. The molecule has 0 bridgehead atoms. The highest BCUT2D eigenvalue weighted by Gasteiger charge is 2.06. The zero-order valence-electron chi connectivity index (χ0n) is 9.50. The molecule has 0 aromatic carbocycles. The van der Waals surface area contributed by atoms with Crippen LogP contribution in [0.2, 0.25) is 0 Å². The van der Waals surface area contributed by atoms with Crippen LogP contribution in [-0.4, -0.2) is 34.9 Å². The largest absolute Gasteiger partial charge is 0.395 e. The van der Waals surface area contributed by atoms with Gasteiger partial charge in [0.15, 0.2) is 0 Å². The minimum atomic E-state index is -0.556. The summed E-state index contributed by atoms with van der Waals surface area (Å²) in [5.74, 6) is 0. The molecular formula is C12H18N2O2. The molecule has 88 valence electrons. The third kappa shape index (κ3) is 3.32. The molecule has 1 atom stereocenters. The van der Waals surface area contributed by atoms with Crippen molar-refractivity contribution in [3.8, 4) is 0 Å². The van der Waals surface area contributed by atoms with E-state index in [4.69, 9.17) is 5.11 Å². The van der Waals surface area contributed by atoms with Crippen molar-refractivity contribution in [3.05, 3.63) is 36.7 Å². The van der Waals surface area contributed by atoms with Crippen LogP contribution in [0.5, 0.6) is 0 Å². The van der Waals surface area contributed by atoms with Crippen LogP contribution in [0.4, 0.5) is 5.69 Å². The molecule has 1 rings (SSSR count). The number of rotatable bonds is 6. The normalized spacial score (nSPS) is 12.2. The van der Waals surface area contributed by atoms with Gasteiger partial charge in [-0.15, -0.1) is 6.58 Å². The Morgan fingerprint density at radius 3 is 2.75 bits per heavy atom. The Morgan fingerprint density at radius 1 is 1.56 bits per heavy atom. The van der Waals surface area contributed by atoms with Crippen molar-refractivity contribution in [3.63, 3.8) is 0 Å². The Kier molecular flexibility index (Phi) is 4.95. The zero-order valence-corrected chi connectivity index (χ0v) is 9.50. The molecule has 1 aromatic rings. The molecule has 4 nitrogen and oxygen atoms in total. The van der Waals surface area contributed by atoms with Crippen LogP contribution in [0.25, 0.3) is 0 Å². The quantitative estimate of drug-likeness (QED) is 0.708. The number of aromatic nitrogens is 1. The molecule has 0 aliphatic heterocycles. The summed E-state index contributed by atoms with van der Waals surface area (Å²) in [6.07, 6.45) is 2.92. The lowest BCUT2D eigenvalue weighted by Crippen LogP contribution is -2.26. The maximum Gasteiger partial charge on any atom is 0.0931 e. The standard InChI is InChI=1S/C12H18N2O2/c1-3-6-14(7-8-15)11-4-5-12(10(2)16)13-9-11/h3-5,9-10,15-16H,1,6-8H2,2H3. The summed E-state index contributed by atoms with van der Waals surface area (Å²) in [5.41, 5.74) is 1.56. The second-order valence-electron chi connectivity index (χ2n) is 3.58. The Morgan fingerprint density at radius 2 is 2.31 bits per heavy atom. The Bertz CT molecular complexity index is 322. The average molecular weight is 222 g/mol. The van der Waals surface area contributed by atoms with Crippen LogP contribution < -0.4 is 4.90 Å². The molecule has 0 radical (unpaired) electrons. The smallest absolute Gasteiger partial charge is 0.0931 e. The number of aliphatic hydroxyl groups is 2. The maximum atomic E-state index is 9.33. The Hall–Kier alpha value is -1.39. The number of hydrogen-bond acceptors (Lipinski definition) is 4. The fourth-order valence-electron chi connectivity index (χ4n) is 1.43. The van der Waals surface area contributed by atoms with E-state index in [1.54, 1.807) is 25.3 Å². The summed E-state index contributed by atoms with van der Waals surface area (Å²) in [7, 11) is 0. The average Bonchev–Trinajstić information content (AvgIpc) is 2.29. The van der Waals surface area contributed by atoms with E-state index >= 15 is 0 Å². The maximum absolute atomic E-state index is 9.33. The van der Waals surface area contributed by atoms with Gasteiger partial charge in [0.1, 0.15) is 0 Å². The highest BCUT2D eigenvalue weighted by atomic mass is 16.3. The van der Waals surface area contributed by atoms with Crippen molar-refractivity contribution < 1.29 is 10.2 Å². The van der Waals surface area contributed by atoms with Gasteiger partial charge in [0.25, 0.3) is 0 Å². The highest BCUT2D eigenvalue weighted by molar-refractivity contribution is 5.45. The van der Waals surface area contributed by atoms with Gasteiger partial charge >= 0.3 is 0 Å². The lowest BCUT2D eigenvalue weighted by atomic mass is 10.2. The molecule has 0 spiro atoms. The number of nitrogens with zero attached hydrogens (tertiary/aromatic N) is 2. The molecule has 0 aliphatic carbocycles. The SMILES string of the molecule is C=CCN(CCO)c1ccc(C(C)O)nc1. The molecule has 4 heteroatoms. The number of pyridine rings is 1. The lowest BCUT2D eigenvalue weighted by Gasteiger charge is -2.22. The molecule has 1 heterocycles. The topological polar surface area (TPSA) is 56.6 Å². The van der Waals surface area contributed by atoms with E-state index in [1.165, 1.54) is 0 Å². The van der Waals surface area contributed by atoms with Crippen molar-refractivity contribution in [2.45, 2.75) is 13.0 Å². The molecule has 16 heavy (non-hydrogen) atoms. The Balaban J connectivity index is 2.80. The first-order valence-electron chi connectivity index (χ1n) is 5.29. The van der Waals surface area contributed by atoms with Gasteiger partial charge in [0.2, 0.25) is 0 Å². The van der Waals surface area contributed by atoms with E-state index in [0.29, 0.717) is 18.8 Å². The van der Waals surface area contributed by atoms with Crippen LogP contribution in [0.1, 0.15) is 18.7 Å². The molecule has 0 aliphatic rings. The van der Waals surface area contributed by atoms with Gasteiger partial charge in [-0.3, -0.25) is 4.98 Å². The molecule has 0 saturated heterocycles. The third-order valence-corrected chi connectivity index (χ3v) is 2.28. The van der Waals surface area contributed by atoms with E-state index in [1.807, 2.05) is 11.0 Å².